The Hall–Kier alpha value is -1.35. The SMILES string of the molecule is NNC(=O)C1CCC(c2ccccc2)CC1. The number of hydrogen-bond acceptors (Lipinski definition) is 2. The molecule has 0 bridgehead atoms. The molecule has 0 unspecified atom stereocenters. The Kier molecular flexibility index (Phi) is 3.57. The van der Waals surface area contributed by atoms with E-state index in [9.17, 15) is 4.79 Å². The molecule has 0 aliphatic heterocycles. The smallest absolute Gasteiger partial charge is 0.236 e. The van der Waals surface area contributed by atoms with Gasteiger partial charge in [-0.15, -0.1) is 0 Å². The highest BCUT2D eigenvalue weighted by Gasteiger charge is 2.26. The van der Waals surface area contributed by atoms with Gasteiger partial charge in [0.25, 0.3) is 0 Å². The molecule has 1 aliphatic carbocycles. The summed E-state index contributed by atoms with van der Waals surface area (Å²) in [5.74, 6) is 5.87. The van der Waals surface area contributed by atoms with Crippen molar-refractivity contribution in [3.8, 4) is 0 Å². The van der Waals surface area contributed by atoms with Crippen molar-refractivity contribution in [2.45, 2.75) is 31.6 Å². The Balaban J connectivity index is 1.93. The molecule has 1 amide bonds. The highest BCUT2D eigenvalue weighted by atomic mass is 16.2. The number of carbonyl (C=O) groups is 1. The summed E-state index contributed by atoms with van der Waals surface area (Å²) in [5, 5.41) is 0. The van der Waals surface area contributed by atoms with Crippen LogP contribution in [0.25, 0.3) is 0 Å². The molecule has 1 saturated carbocycles. The zero-order valence-electron chi connectivity index (χ0n) is 9.36. The fraction of sp³-hybridized carbons (Fsp3) is 0.462. The van der Waals surface area contributed by atoms with Crippen LogP contribution in [0.15, 0.2) is 30.3 Å². The third-order valence-electron chi connectivity index (χ3n) is 3.51. The van der Waals surface area contributed by atoms with Gasteiger partial charge in [0.2, 0.25) is 5.91 Å². The minimum absolute atomic E-state index is 0.00786. The summed E-state index contributed by atoms with van der Waals surface area (Å²) in [6, 6.07) is 10.5. The Labute approximate surface area is 96.0 Å². The molecule has 1 aromatic carbocycles. The van der Waals surface area contributed by atoms with Crippen LogP contribution in [0.5, 0.6) is 0 Å². The lowest BCUT2D eigenvalue weighted by molar-refractivity contribution is -0.126. The Morgan fingerprint density at radius 3 is 2.31 bits per heavy atom. The summed E-state index contributed by atoms with van der Waals surface area (Å²) >= 11 is 0. The normalized spacial score (nSPS) is 25.1. The number of hydrogen-bond donors (Lipinski definition) is 2. The Morgan fingerprint density at radius 1 is 1.12 bits per heavy atom. The van der Waals surface area contributed by atoms with Gasteiger partial charge >= 0.3 is 0 Å². The first-order valence-corrected chi connectivity index (χ1v) is 5.86. The molecule has 3 heteroatoms. The maximum absolute atomic E-state index is 11.4. The molecule has 1 aromatic rings. The van der Waals surface area contributed by atoms with Crippen LogP contribution >= 0.6 is 0 Å². The van der Waals surface area contributed by atoms with Gasteiger partial charge in [0.1, 0.15) is 0 Å². The fourth-order valence-electron chi connectivity index (χ4n) is 2.53. The van der Waals surface area contributed by atoms with Crippen LogP contribution in [-0.4, -0.2) is 5.91 Å². The molecule has 3 N–H and O–H groups in total. The molecule has 86 valence electrons. The largest absolute Gasteiger partial charge is 0.294 e. The van der Waals surface area contributed by atoms with Gasteiger partial charge in [-0.05, 0) is 37.2 Å². The topological polar surface area (TPSA) is 55.1 Å². The van der Waals surface area contributed by atoms with E-state index in [1.54, 1.807) is 0 Å². The molecule has 2 rings (SSSR count). The van der Waals surface area contributed by atoms with E-state index in [2.05, 4.69) is 29.7 Å². The third-order valence-corrected chi connectivity index (χ3v) is 3.51. The van der Waals surface area contributed by atoms with Crippen molar-refractivity contribution in [2.75, 3.05) is 0 Å². The first-order valence-electron chi connectivity index (χ1n) is 5.86. The number of amides is 1. The van der Waals surface area contributed by atoms with E-state index >= 15 is 0 Å². The molecule has 0 saturated heterocycles. The van der Waals surface area contributed by atoms with Crippen molar-refractivity contribution in [1.29, 1.82) is 0 Å². The van der Waals surface area contributed by atoms with Gasteiger partial charge < -0.3 is 0 Å². The summed E-state index contributed by atoms with van der Waals surface area (Å²) in [5.41, 5.74) is 3.65. The first kappa shape index (κ1) is 11.1. The highest BCUT2D eigenvalue weighted by Crippen LogP contribution is 2.35. The van der Waals surface area contributed by atoms with E-state index in [1.807, 2.05) is 6.07 Å². The second-order valence-electron chi connectivity index (χ2n) is 4.47. The number of nitrogens with one attached hydrogen (secondary N) is 1. The lowest BCUT2D eigenvalue weighted by atomic mass is 9.78. The van der Waals surface area contributed by atoms with Crippen molar-refractivity contribution < 1.29 is 4.79 Å². The van der Waals surface area contributed by atoms with E-state index in [0.29, 0.717) is 5.92 Å². The van der Waals surface area contributed by atoms with Gasteiger partial charge in [-0.3, -0.25) is 10.2 Å². The maximum Gasteiger partial charge on any atom is 0.236 e. The van der Waals surface area contributed by atoms with Crippen LogP contribution in [-0.2, 0) is 4.79 Å². The van der Waals surface area contributed by atoms with Gasteiger partial charge in [-0.25, -0.2) is 5.84 Å². The zero-order valence-corrected chi connectivity index (χ0v) is 9.36. The highest BCUT2D eigenvalue weighted by molar-refractivity contribution is 5.78. The summed E-state index contributed by atoms with van der Waals surface area (Å²) in [4.78, 5) is 11.4. The number of benzene rings is 1. The van der Waals surface area contributed by atoms with Gasteiger partial charge in [0, 0.05) is 5.92 Å². The van der Waals surface area contributed by atoms with Crippen LogP contribution in [0, 0.1) is 5.92 Å². The molecular weight excluding hydrogens is 200 g/mol. The van der Waals surface area contributed by atoms with Crippen LogP contribution < -0.4 is 11.3 Å². The van der Waals surface area contributed by atoms with Gasteiger partial charge in [-0.1, -0.05) is 30.3 Å². The molecule has 3 nitrogen and oxygen atoms in total. The zero-order chi connectivity index (χ0) is 11.4. The summed E-state index contributed by atoms with van der Waals surface area (Å²) in [6.07, 6.45) is 4.06. The third kappa shape index (κ3) is 2.42. The van der Waals surface area contributed by atoms with Crippen LogP contribution in [0.2, 0.25) is 0 Å². The van der Waals surface area contributed by atoms with E-state index in [4.69, 9.17) is 5.84 Å². The monoisotopic (exact) mass is 218 g/mol. The predicted molar refractivity (Wildman–Crippen MR) is 63.5 cm³/mol. The lowest BCUT2D eigenvalue weighted by Crippen LogP contribution is -2.37. The number of hydrazine groups is 1. The molecule has 1 fully saturated rings. The fourth-order valence-corrected chi connectivity index (χ4v) is 2.53. The van der Waals surface area contributed by atoms with Crippen molar-refractivity contribution in [3.63, 3.8) is 0 Å². The van der Waals surface area contributed by atoms with E-state index in [-0.39, 0.29) is 11.8 Å². The van der Waals surface area contributed by atoms with Crippen LogP contribution in [0.3, 0.4) is 0 Å². The van der Waals surface area contributed by atoms with Crippen LogP contribution in [0.1, 0.15) is 37.2 Å². The number of nitrogens with two attached hydrogens (primary N) is 1. The standard InChI is InChI=1S/C13H18N2O/c14-15-13(16)12-8-6-11(7-9-12)10-4-2-1-3-5-10/h1-5,11-12H,6-9,14H2,(H,15,16). The van der Waals surface area contributed by atoms with Gasteiger partial charge in [0.05, 0.1) is 0 Å². The minimum Gasteiger partial charge on any atom is -0.294 e. The maximum atomic E-state index is 11.4. The predicted octanol–water partition coefficient (Wildman–Crippen LogP) is 1.95. The first-order chi connectivity index (χ1) is 7.81. The molecule has 0 aromatic heterocycles. The second-order valence-corrected chi connectivity index (χ2v) is 4.47. The molecule has 0 atom stereocenters. The quantitative estimate of drug-likeness (QED) is 0.453. The average Bonchev–Trinajstić information content (AvgIpc) is 2.39. The van der Waals surface area contributed by atoms with Crippen molar-refractivity contribution in [1.82, 2.24) is 5.43 Å². The second kappa shape index (κ2) is 5.12. The summed E-state index contributed by atoms with van der Waals surface area (Å²) in [6.45, 7) is 0. The van der Waals surface area contributed by atoms with Crippen molar-refractivity contribution >= 4 is 5.91 Å². The van der Waals surface area contributed by atoms with E-state index < -0.39 is 0 Å². The van der Waals surface area contributed by atoms with Crippen molar-refractivity contribution in [2.24, 2.45) is 11.8 Å². The minimum atomic E-state index is -0.00786. The average molecular weight is 218 g/mol. The van der Waals surface area contributed by atoms with Gasteiger partial charge in [-0.2, -0.15) is 0 Å². The molecule has 1 aliphatic rings. The van der Waals surface area contributed by atoms with Crippen molar-refractivity contribution in [3.05, 3.63) is 35.9 Å². The Bertz CT molecular complexity index is 342. The molecule has 0 spiro atoms. The number of carbonyl (C=O) groups excluding carboxylic acids is 1. The Morgan fingerprint density at radius 2 is 1.75 bits per heavy atom. The van der Waals surface area contributed by atoms with E-state index in [1.165, 1.54) is 5.56 Å². The molecule has 0 heterocycles. The molecule has 16 heavy (non-hydrogen) atoms. The lowest BCUT2D eigenvalue weighted by Gasteiger charge is -2.27. The van der Waals surface area contributed by atoms with Crippen LogP contribution in [0.4, 0.5) is 0 Å². The summed E-state index contributed by atoms with van der Waals surface area (Å²) in [7, 11) is 0. The van der Waals surface area contributed by atoms with Gasteiger partial charge in [0.15, 0.2) is 0 Å². The number of rotatable bonds is 2. The molecule has 0 radical (unpaired) electrons. The summed E-state index contributed by atoms with van der Waals surface area (Å²) < 4.78 is 0. The van der Waals surface area contributed by atoms with E-state index in [0.717, 1.165) is 25.7 Å². The molecular formula is C13H18N2O.